The first-order valence-electron chi connectivity index (χ1n) is 11.9. The number of amides is 1. The van der Waals surface area contributed by atoms with Crippen LogP contribution in [-0.4, -0.2) is 64.9 Å². The van der Waals surface area contributed by atoms with Crippen molar-refractivity contribution in [3.63, 3.8) is 0 Å². The number of carbonyl (C=O) groups is 3. The molecule has 3 rings (SSSR count). The zero-order valence-corrected chi connectivity index (χ0v) is 22.8. The lowest BCUT2D eigenvalue weighted by atomic mass is 9.81. The van der Waals surface area contributed by atoms with Crippen molar-refractivity contribution < 1.29 is 33.7 Å². The number of Topliss-reactive ketones (excluding diaryl/α,β-unsaturated/α-hetero) is 1. The van der Waals surface area contributed by atoms with Crippen LogP contribution in [0.5, 0.6) is 11.6 Å². The number of aromatic nitrogens is 1. The number of nitrogens with zero attached hydrogens (tertiary/aromatic N) is 1. The summed E-state index contributed by atoms with van der Waals surface area (Å²) in [5.74, 6) is -0.856. The Morgan fingerprint density at radius 2 is 1.84 bits per heavy atom. The van der Waals surface area contributed by atoms with E-state index in [0.29, 0.717) is 21.5 Å². The molecule has 1 amide bonds. The average Bonchev–Trinajstić information content (AvgIpc) is 3.19. The van der Waals surface area contributed by atoms with Crippen molar-refractivity contribution in [2.45, 2.75) is 77.8 Å². The highest BCUT2D eigenvalue weighted by Gasteiger charge is 2.48. The van der Waals surface area contributed by atoms with Crippen molar-refractivity contribution in [2.75, 3.05) is 7.11 Å². The molecular weight excluding hydrogens is 502 g/mol. The molecule has 1 aliphatic heterocycles. The van der Waals surface area contributed by atoms with E-state index >= 15 is 0 Å². The van der Waals surface area contributed by atoms with E-state index in [-0.39, 0.29) is 12.3 Å². The molecule has 3 N–H and O–H groups in total. The predicted octanol–water partition coefficient (Wildman–Crippen LogP) is 3.97. The van der Waals surface area contributed by atoms with E-state index in [1.165, 1.54) is 13.3 Å². The van der Waals surface area contributed by atoms with Crippen molar-refractivity contribution in [1.29, 1.82) is 0 Å². The van der Waals surface area contributed by atoms with Gasteiger partial charge < -0.3 is 24.6 Å². The smallest absolute Gasteiger partial charge is 0.408 e. The summed E-state index contributed by atoms with van der Waals surface area (Å²) in [6.45, 7) is 10.6. The molecule has 3 unspecified atom stereocenters. The van der Waals surface area contributed by atoms with Crippen LogP contribution in [0.2, 0.25) is 5.02 Å². The van der Waals surface area contributed by atoms with Gasteiger partial charge in [0.2, 0.25) is 5.88 Å². The number of carbonyl (C=O) groups excluding carboxylic acids is 2. The highest BCUT2D eigenvalue weighted by atomic mass is 35.5. The van der Waals surface area contributed by atoms with Gasteiger partial charge in [-0.05, 0) is 44.4 Å². The van der Waals surface area contributed by atoms with E-state index in [9.17, 15) is 19.5 Å². The summed E-state index contributed by atoms with van der Waals surface area (Å²) in [6.07, 6.45) is -0.142. The van der Waals surface area contributed by atoms with Crippen LogP contribution in [0.15, 0.2) is 24.4 Å². The number of rotatable bonds is 7. The zero-order valence-electron chi connectivity index (χ0n) is 22.0. The van der Waals surface area contributed by atoms with Gasteiger partial charge >= 0.3 is 12.1 Å². The maximum atomic E-state index is 13.8. The van der Waals surface area contributed by atoms with Gasteiger partial charge in [-0.2, -0.15) is 0 Å². The number of alkyl carbamates (subject to hydrolysis) is 1. The van der Waals surface area contributed by atoms with Crippen LogP contribution < -0.4 is 20.1 Å². The minimum atomic E-state index is -1.12. The van der Waals surface area contributed by atoms with Crippen molar-refractivity contribution in [3.8, 4) is 11.6 Å². The fourth-order valence-electron chi connectivity index (χ4n) is 4.20. The normalized spacial score (nSPS) is 20.8. The van der Waals surface area contributed by atoms with Gasteiger partial charge in [0.25, 0.3) is 0 Å². The number of ether oxygens (including phenoxy) is 3. The lowest BCUT2D eigenvalue weighted by molar-refractivity contribution is -0.139. The number of fused-ring (bicyclic) bond motifs is 1. The molecule has 1 saturated heterocycles. The van der Waals surface area contributed by atoms with Crippen LogP contribution >= 0.6 is 11.6 Å². The number of halogens is 1. The summed E-state index contributed by atoms with van der Waals surface area (Å²) in [4.78, 5) is 42.6. The van der Waals surface area contributed by atoms with E-state index in [0.717, 1.165) is 0 Å². The zero-order chi connectivity index (χ0) is 27.7. The standard InChI is InChI=1S/C26H34ClN3O7/c1-25(2,3)21(30-24(34)37-26(4,5)6)20(31)19-17(11-16(29-19)23(32)33)36-22-15-10-13(27)8-9-14(15)18(35-7)12-28-22/h8-10,12,16-17,19,21,29H,11H2,1-7H3,(H,30,34)(H,32,33)/t16?,17?,19?,21-/m1/s1. The van der Waals surface area contributed by atoms with Crippen LogP contribution in [0.4, 0.5) is 4.79 Å². The van der Waals surface area contributed by atoms with Gasteiger partial charge in [-0.1, -0.05) is 32.4 Å². The average molecular weight is 536 g/mol. The van der Waals surface area contributed by atoms with Gasteiger partial charge in [-0.3, -0.25) is 14.9 Å². The lowest BCUT2D eigenvalue weighted by Gasteiger charge is -2.34. The molecule has 1 aromatic carbocycles. The Hall–Kier alpha value is -3.11. The molecule has 37 heavy (non-hydrogen) atoms. The molecule has 0 bridgehead atoms. The number of carboxylic acids is 1. The van der Waals surface area contributed by atoms with E-state index in [2.05, 4.69) is 15.6 Å². The molecule has 202 valence electrons. The Bertz CT molecular complexity index is 1190. The van der Waals surface area contributed by atoms with Gasteiger partial charge in [0.05, 0.1) is 19.3 Å². The molecular formula is C26H34ClN3O7. The van der Waals surface area contributed by atoms with Crippen LogP contribution in [0.1, 0.15) is 48.0 Å². The molecule has 11 heteroatoms. The van der Waals surface area contributed by atoms with Crippen LogP contribution in [-0.2, 0) is 14.3 Å². The molecule has 2 aromatic rings. The highest BCUT2D eigenvalue weighted by Crippen LogP contribution is 2.35. The number of hydrogen-bond acceptors (Lipinski definition) is 8. The monoisotopic (exact) mass is 535 g/mol. The molecule has 1 fully saturated rings. The van der Waals surface area contributed by atoms with Crippen molar-refractivity contribution in [1.82, 2.24) is 15.6 Å². The van der Waals surface area contributed by atoms with Gasteiger partial charge in [0.1, 0.15) is 29.5 Å². The summed E-state index contributed by atoms with van der Waals surface area (Å²) >= 11 is 6.21. The molecule has 1 aromatic heterocycles. The number of hydrogen-bond donors (Lipinski definition) is 3. The number of aliphatic carboxylic acids is 1. The summed E-state index contributed by atoms with van der Waals surface area (Å²) in [6, 6.07) is 2.07. The Balaban J connectivity index is 1.96. The third-order valence-electron chi connectivity index (χ3n) is 5.90. The molecule has 4 atom stereocenters. The molecule has 0 radical (unpaired) electrons. The number of carboxylic acid groups (broad SMARTS) is 1. The number of nitrogens with one attached hydrogen (secondary N) is 2. The van der Waals surface area contributed by atoms with Gasteiger partial charge in [0, 0.05) is 22.2 Å². The first kappa shape index (κ1) is 28.5. The summed E-state index contributed by atoms with van der Waals surface area (Å²) in [5, 5.41) is 16.9. The molecule has 0 aliphatic carbocycles. The van der Waals surface area contributed by atoms with Crippen molar-refractivity contribution >= 4 is 40.2 Å². The number of ketones is 1. The largest absolute Gasteiger partial charge is 0.494 e. The van der Waals surface area contributed by atoms with Crippen LogP contribution in [0, 0.1) is 5.41 Å². The van der Waals surface area contributed by atoms with Gasteiger partial charge in [0.15, 0.2) is 5.78 Å². The molecule has 0 spiro atoms. The predicted molar refractivity (Wildman–Crippen MR) is 138 cm³/mol. The van der Waals surface area contributed by atoms with Gasteiger partial charge in [-0.15, -0.1) is 0 Å². The maximum Gasteiger partial charge on any atom is 0.408 e. The summed E-state index contributed by atoms with van der Waals surface area (Å²) in [7, 11) is 1.52. The third kappa shape index (κ3) is 6.81. The Morgan fingerprint density at radius 1 is 1.16 bits per heavy atom. The number of pyridine rings is 1. The van der Waals surface area contributed by atoms with E-state index in [1.54, 1.807) is 59.7 Å². The molecule has 0 saturated carbocycles. The van der Waals surface area contributed by atoms with Crippen molar-refractivity contribution in [2.24, 2.45) is 5.41 Å². The second-order valence-electron chi connectivity index (χ2n) is 11.1. The van der Waals surface area contributed by atoms with Gasteiger partial charge in [-0.25, -0.2) is 9.78 Å². The molecule has 1 aliphatic rings. The number of benzene rings is 1. The van der Waals surface area contributed by atoms with E-state index in [4.69, 9.17) is 25.8 Å². The molecule has 10 nitrogen and oxygen atoms in total. The second kappa shape index (κ2) is 10.7. The van der Waals surface area contributed by atoms with E-state index in [1.807, 2.05) is 0 Å². The number of methoxy groups -OCH3 is 1. The first-order chi connectivity index (χ1) is 17.1. The lowest BCUT2D eigenvalue weighted by Crippen LogP contribution is -2.58. The Kier molecular flexibility index (Phi) is 8.24. The second-order valence-corrected chi connectivity index (χ2v) is 11.5. The quantitative estimate of drug-likeness (QED) is 0.481. The minimum Gasteiger partial charge on any atom is -0.494 e. The van der Waals surface area contributed by atoms with Crippen LogP contribution in [0.3, 0.4) is 0 Å². The fourth-order valence-corrected chi connectivity index (χ4v) is 4.37. The van der Waals surface area contributed by atoms with E-state index < -0.39 is 53.1 Å². The Labute approximate surface area is 221 Å². The summed E-state index contributed by atoms with van der Waals surface area (Å²) < 4.78 is 16.9. The third-order valence-corrected chi connectivity index (χ3v) is 6.13. The van der Waals surface area contributed by atoms with Crippen LogP contribution in [0.25, 0.3) is 10.8 Å². The topological polar surface area (TPSA) is 136 Å². The van der Waals surface area contributed by atoms with Crippen molar-refractivity contribution in [3.05, 3.63) is 29.4 Å². The minimum absolute atomic E-state index is 0.00477. The Morgan fingerprint density at radius 3 is 2.41 bits per heavy atom. The molecule has 2 heterocycles. The summed E-state index contributed by atoms with van der Waals surface area (Å²) in [5.41, 5.74) is -1.47. The highest BCUT2D eigenvalue weighted by molar-refractivity contribution is 6.31. The SMILES string of the molecule is COc1cnc(OC2CC(C(=O)O)NC2C(=O)[C@@H](NC(=O)OC(C)(C)C)C(C)(C)C)c2cc(Cl)ccc12. The maximum absolute atomic E-state index is 13.8. The first-order valence-corrected chi connectivity index (χ1v) is 12.3. The fraction of sp³-hybridized carbons (Fsp3) is 0.538.